The summed E-state index contributed by atoms with van der Waals surface area (Å²) in [5.74, 6) is 3.72. The van der Waals surface area contributed by atoms with E-state index in [1.165, 1.54) is 10.9 Å². The lowest BCUT2D eigenvalue weighted by atomic mass is 10.1. The maximum absolute atomic E-state index is 5.50. The van der Waals surface area contributed by atoms with Gasteiger partial charge in [0, 0.05) is 32.6 Å². The van der Waals surface area contributed by atoms with Crippen molar-refractivity contribution in [3.05, 3.63) is 34.5 Å². The molecule has 0 aliphatic carbocycles. The SMILES string of the molecule is COc1cc(Cc2nc(N3CCN(C)CC3)c3c(C)csc3n2)cc(OC)c1OC. The topological polar surface area (TPSA) is 60.0 Å². The lowest BCUT2D eigenvalue weighted by molar-refractivity contribution is 0.312. The third kappa shape index (κ3) is 3.89. The zero-order valence-electron chi connectivity index (χ0n) is 18.2. The summed E-state index contributed by atoms with van der Waals surface area (Å²) in [5.41, 5.74) is 2.25. The summed E-state index contributed by atoms with van der Waals surface area (Å²) in [6.45, 7) is 6.16. The van der Waals surface area contributed by atoms with Gasteiger partial charge in [0.1, 0.15) is 16.5 Å². The summed E-state index contributed by atoms with van der Waals surface area (Å²) in [6, 6.07) is 3.92. The minimum absolute atomic E-state index is 0.588. The van der Waals surface area contributed by atoms with E-state index in [1.54, 1.807) is 32.7 Å². The molecule has 4 rings (SSSR count). The number of hydrogen-bond acceptors (Lipinski definition) is 8. The number of thiophene rings is 1. The van der Waals surface area contributed by atoms with E-state index >= 15 is 0 Å². The average Bonchev–Trinajstić information content (AvgIpc) is 3.13. The van der Waals surface area contributed by atoms with Gasteiger partial charge >= 0.3 is 0 Å². The van der Waals surface area contributed by atoms with Crippen LogP contribution in [-0.2, 0) is 6.42 Å². The molecule has 7 nitrogen and oxygen atoms in total. The van der Waals surface area contributed by atoms with Crippen LogP contribution in [0, 0.1) is 6.92 Å². The van der Waals surface area contributed by atoms with E-state index < -0.39 is 0 Å². The van der Waals surface area contributed by atoms with Crippen molar-refractivity contribution in [2.75, 3.05) is 59.5 Å². The second-order valence-corrected chi connectivity index (χ2v) is 8.42. The molecular formula is C22H28N4O3S. The number of nitrogens with zero attached hydrogens (tertiary/aromatic N) is 4. The quantitative estimate of drug-likeness (QED) is 0.597. The molecular weight excluding hydrogens is 400 g/mol. The first-order valence-corrected chi connectivity index (χ1v) is 10.9. The van der Waals surface area contributed by atoms with Crippen LogP contribution in [0.3, 0.4) is 0 Å². The maximum atomic E-state index is 5.50. The van der Waals surface area contributed by atoms with Gasteiger partial charge in [-0.2, -0.15) is 0 Å². The predicted molar refractivity (Wildman–Crippen MR) is 121 cm³/mol. The van der Waals surface area contributed by atoms with Crippen molar-refractivity contribution >= 4 is 27.4 Å². The Morgan fingerprint density at radius 1 is 0.967 bits per heavy atom. The molecule has 1 aliphatic rings. The van der Waals surface area contributed by atoms with Crippen LogP contribution in [0.4, 0.5) is 5.82 Å². The van der Waals surface area contributed by atoms with E-state index in [1.807, 2.05) is 12.1 Å². The van der Waals surface area contributed by atoms with Gasteiger partial charge in [0.25, 0.3) is 0 Å². The Morgan fingerprint density at radius 2 is 1.63 bits per heavy atom. The molecule has 3 heterocycles. The first-order chi connectivity index (χ1) is 14.5. The summed E-state index contributed by atoms with van der Waals surface area (Å²) >= 11 is 1.68. The first-order valence-electron chi connectivity index (χ1n) is 10.0. The van der Waals surface area contributed by atoms with E-state index in [2.05, 4.69) is 29.2 Å². The molecule has 30 heavy (non-hydrogen) atoms. The van der Waals surface area contributed by atoms with Gasteiger partial charge in [-0.25, -0.2) is 9.97 Å². The average molecular weight is 429 g/mol. The number of ether oxygens (including phenoxy) is 3. The standard InChI is InChI=1S/C22H28N4O3S/c1-14-13-30-22-19(14)21(26-8-6-25(2)7-9-26)23-18(24-22)12-15-10-16(27-3)20(29-5)17(11-15)28-4/h10-11,13H,6-9,12H2,1-5H3. The van der Waals surface area contributed by atoms with Crippen LogP contribution >= 0.6 is 11.3 Å². The molecule has 1 aromatic carbocycles. The Balaban J connectivity index is 1.73. The smallest absolute Gasteiger partial charge is 0.203 e. The zero-order valence-corrected chi connectivity index (χ0v) is 19.0. The molecule has 8 heteroatoms. The molecule has 1 fully saturated rings. The van der Waals surface area contributed by atoms with Crippen molar-refractivity contribution in [1.29, 1.82) is 0 Å². The number of fused-ring (bicyclic) bond motifs is 1. The molecule has 1 saturated heterocycles. The second kappa shape index (κ2) is 8.65. The van der Waals surface area contributed by atoms with Gasteiger partial charge in [-0.15, -0.1) is 11.3 Å². The number of benzene rings is 1. The maximum Gasteiger partial charge on any atom is 0.203 e. The van der Waals surface area contributed by atoms with Crippen LogP contribution in [0.1, 0.15) is 17.0 Å². The molecule has 0 radical (unpaired) electrons. The minimum Gasteiger partial charge on any atom is -0.493 e. The number of anilines is 1. The highest BCUT2D eigenvalue weighted by Gasteiger charge is 2.22. The highest BCUT2D eigenvalue weighted by atomic mass is 32.1. The Hall–Kier alpha value is -2.58. The molecule has 160 valence electrons. The van der Waals surface area contributed by atoms with E-state index in [0.29, 0.717) is 23.7 Å². The molecule has 0 N–H and O–H groups in total. The summed E-state index contributed by atoms with van der Waals surface area (Å²) < 4.78 is 16.4. The fourth-order valence-corrected chi connectivity index (χ4v) is 4.79. The van der Waals surface area contributed by atoms with E-state index in [0.717, 1.165) is 48.2 Å². The molecule has 0 atom stereocenters. The molecule has 0 spiro atoms. The lowest BCUT2D eigenvalue weighted by Gasteiger charge is -2.33. The van der Waals surface area contributed by atoms with E-state index in [4.69, 9.17) is 24.2 Å². The number of likely N-dealkylation sites (N-methyl/N-ethyl adjacent to an activating group) is 1. The zero-order chi connectivity index (χ0) is 21.3. The third-order valence-electron chi connectivity index (χ3n) is 5.53. The molecule has 2 aromatic heterocycles. The number of hydrogen-bond donors (Lipinski definition) is 0. The molecule has 3 aromatic rings. The second-order valence-electron chi connectivity index (χ2n) is 7.56. The monoisotopic (exact) mass is 428 g/mol. The Bertz CT molecular complexity index is 1020. The highest BCUT2D eigenvalue weighted by Crippen LogP contribution is 2.39. The van der Waals surface area contributed by atoms with Crippen LogP contribution in [0.5, 0.6) is 17.2 Å². The Labute approximate surface area is 181 Å². The number of aromatic nitrogens is 2. The van der Waals surface area contributed by atoms with E-state index in [-0.39, 0.29) is 0 Å². The number of methoxy groups -OCH3 is 3. The van der Waals surface area contributed by atoms with Gasteiger partial charge in [0.2, 0.25) is 5.75 Å². The van der Waals surface area contributed by atoms with Crippen molar-refractivity contribution in [3.8, 4) is 17.2 Å². The van der Waals surface area contributed by atoms with Crippen LogP contribution in [0.25, 0.3) is 10.2 Å². The Kier molecular flexibility index (Phi) is 5.97. The van der Waals surface area contributed by atoms with Crippen LogP contribution in [0.15, 0.2) is 17.5 Å². The molecule has 0 amide bonds. The van der Waals surface area contributed by atoms with Crippen molar-refractivity contribution in [1.82, 2.24) is 14.9 Å². The van der Waals surface area contributed by atoms with Gasteiger partial charge in [0.05, 0.1) is 26.7 Å². The summed E-state index contributed by atoms with van der Waals surface area (Å²) in [5, 5.41) is 3.35. The summed E-state index contributed by atoms with van der Waals surface area (Å²) in [7, 11) is 7.03. The van der Waals surface area contributed by atoms with Gasteiger partial charge in [-0.3, -0.25) is 0 Å². The predicted octanol–water partition coefficient (Wildman–Crippen LogP) is 3.37. The molecule has 0 saturated carbocycles. The van der Waals surface area contributed by atoms with Gasteiger partial charge in [0.15, 0.2) is 11.5 Å². The van der Waals surface area contributed by atoms with Gasteiger partial charge < -0.3 is 24.0 Å². The molecule has 0 bridgehead atoms. The summed E-state index contributed by atoms with van der Waals surface area (Å²) in [4.78, 5) is 15.7. The van der Waals surface area contributed by atoms with Gasteiger partial charge in [-0.05, 0) is 42.6 Å². The fraction of sp³-hybridized carbons (Fsp3) is 0.455. The highest BCUT2D eigenvalue weighted by molar-refractivity contribution is 7.17. The lowest BCUT2D eigenvalue weighted by Crippen LogP contribution is -2.45. The largest absolute Gasteiger partial charge is 0.493 e. The van der Waals surface area contributed by atoms with Crippen molar-refractivity contribution < 1.29 is 14.2 Å². The number of piperazine rings is 1. The van der Waals surface area contributed by atoms with Crippen LogP contribution in [0.2, 0.25) is 0 Å². The first kappa shape index (κ1) is 20.7. The molecule has 1 aliphatic heterocycles. The minimum atomic E-state index is 0.588. The summed E-state index contributed by atoms with van der Waals surface area (Å²) in [6.07, 6.45) is 0.588. The van der Waals surface area contributed by atoms with Crippen molar-refractivity contribution in [3.63, 3.8) is 0 Å². The fourth-order valence-electron chi connectivity index (χ4n) is 3.85. The number of aryl methyl sites for hydroxylation is 1. The van der Waals surface area contributed by atoms with Gasteiger partial charge in [-0.1, -0.05) is 0 Å². The van der Waals surface area contributed by atoms with Crippen molar-refractivity contribution in [2.45, 2.75) is 13.3 Å². The Morgan fingerprint density at radius 3 is 2.23 bits per heavy atom. The number of rotatable bonds is 6. The van der Waals surface area contributed by atoms with Crippen LogP contribution < -0.4 is 19.1 Å². The van der Waals surface area contributed by atoms with Crippen molar-refractivity contribution in [2.24, 2.45) is 0 Å². The third-order valence-corrected chi connectivity index (χ3v) is 6.52. The molecule has 0 unspecified atom stereocenters. The normalized spacial score (nSPS) is 14.9. The van der Waals surface area contributed by atoms with E-state index in [9.17, 15) is 0 Å². The van der Waals surface area contributed by atoms with Crippen LogP contribution in [-0.4, -0.2) is 69.4 Å².